The van der Waals surface area contributed by atoms with Gasteiger partial charge in [-0.25, -0.2) is 18.4 Å². The molecule has 0 unspecified atom stereocenters. The van der Waals surface area contributed by atoms with Crippen molar-refractivity contribution >= 4 is 33.3 Å². The van der Waals surface area contributed by atoms with Crippen molar-refractivity contribution in [1.82, 2.24) is 19.3 Å². The molecule has 3 heterocycles. The van der Waals surface area contributed by atoms with Crippen molar-refractivity contribution in [3.05, 3.63) is 72.3 Å². The number of benzene rings is 1. The van der Waals surface area contributed by atoms with E-state index in [1.54, 1.807) is 12.1 Å². The number of nitrogens with zero attached hydrogens (tertiary/aromatic N) is 5. The second kappa shape index (κ2) is 9.28. The van der Waals surface area contributed by atoms with Gasteiger partial charge >= 0.3 is 0 Å². The quantitative estimate of drug-likeness (QED) is 0.571. The molecular formula is C21H23N7O3S. The molecule has 1 aliphatic heterocycles. The smallest absolute Gasteiger partial charge is 0.277 e. The van der Waals surface area contributed by atoms with Crippen molar-refractivity contribution in [3.63, 3.8) is 0 Å². The van der Waals surface area contributed by atoms with Crippen LogP contribution in [0.3, 0.4) is 0 Å². The van der Waals surface area contributed by atoms with E-state index in [4.69, 9.17) is 5.73 Å². The number of anilines is 3. The number of nitrogen functional groups attached to an aromatic ring is 1. The van der Waals surface area contributed by atoms with Crippen LogP contribution in [0.2, 0.25) is 0 Å². The van der Waals surface area contributed by atoms with Crippen molar-refractivity contribution in [2.75, 3.05) is 42.1 Å². The lowest BCUT2D eigenvalue weighted by atomic mass is 10.2. The number of carbonyl (C=O) groups excluding carboxylic acids is 1. The van der Waals surface area contributed by atoms with Gasteiger partial charge in [0.2, 0.25) is 10.0 Å². The topological polar surface area (TPSA) is 134 Å². The van der Waals surface area contributed by atoms with Crippen molar-refractivity contribution in [1.29, 1.82) is 0 Å². The van der Waals surface area contributed by atoms with Crippen LogP contribution in [0.4, 0.5) is 17.3 Å². The molecule has 3 N–H and O–H groups in total. The minimum atomic E-state index is -3.41. The molecule has 0 atom stereocenters. The molecule has 1 aromatic carbocycles. The molecule has 32 heavy (non-hydrogen) atoms. The van der Waals surface area contributed by atoms with E-state index in [9.17, 15) is 13.2 Å². The molecule has 10 nitrogen and oxygen atoms in total. The first-order chi connectivity index (χ1) is 15.4. The number of sulfonamides is 1. The molecule has 0 aliphatic carbocycles. The maximum Gasteiger partial charge on any atom is 0.277 e. The highest BCUT2D eigenvalue weighted by Gasteiger charge is 2.28. The van der Waals surface area contributed by atoms with Gasteiger partial charge in [0, 0.05) is 38.6 Å². The van der Waals surface area contributed by atoms with Crippen molar-refractivity contribution in [3.8, 4) is 0 Å². The van der Waals surface area contributed by atoms with Gasteiger partial charge in [0.25, 0.3) is 5.91 Å². The Bertz CT molecular complexity index is 1180. The maximum atomic E-state index is 12.8. The number of carbonyl (C=O) groups is 1. The highest BCUT2D eigenvalue weighted by atomic mass is 32.2. The standard InChI is InChI=1S/C21H23N7O3S/c22-17-6-7-19(25-20(17)26-21(29)18-14-23-8-9-24-18)27-10-12-28(13-11-27)32(30,31)15-16-4-2-1-3-5-16/h1-9,14H,10-13,15,22H2,(H,25,26,29). The second-order valence-corrected chi connectivity index (χ2v) is 9.25. The summed E-state index contributed by atoms with van der Waals surface area (Å²) >= 11 is 0. The Morgan fingerprint density at radius 3 is 2.47 bits per heavy atom. The first kappa shape index (κ1) is 21.7. The van der Waals surface area contributed by atoms with E-state index in [0.29, 0.717) is 37.7 Å². The van der Waals surface area contributed by atoms with Crippen LogP contribution in [0.1, 0.15) is 16.1 Å². The number of piperazine rings is 1. The Hall–Kier alpha value is -3.57. The molecule has 4 rings (SSSR count). The summed E-state index contributed by atoms with van der Waals surface area (Å²) in [4.78, 5) is 26.6. The SMILES string of the molecule is Nc1ccc(N2CCN(S(=O)(=O)Cc3ccccc3)CC2)nc1NC(=O)c1cnccn1. The Morgan fingerprint density at radius 2 is 1.78 bits per heavy atom. The summed E-state index contributed by atoms with van der Waals surface area (Å²) in [6, 6.07) is 12.5. The molecule has 1 saturated heterocycles. The van der Waals surface area contributed by atoms with E-state index in [2.05, 4.69) is 20.3 Å². The molecule has 0 spiro atoms. The average molecular weight is 454 g/mol. The van der Waals surface area contributed by atoms with Gasteiger partial charge < -0.3 is 16.0 Å². The average Bonchev–Trinajstić information content (AvgIpc) is 2.81. The fourth-order valence-corrected chi connectivity index (χ4v) is 4.91. The van der Waals surface area contributed by atoms with Gasteiger partial charge in [-0.05, 0) is 17.7 Å². The maximum absolute atomic E-state index is 12.8. The van der Waals surface area contributed by atoms with Crippen LogP contribution in [-0.4, -0.2) is 59.8 Å². The molecule has 1 aliphatic rings. The van der Waals surface area contributed by atoms with E-state index < -0.39 is 15.9 Å². The normalized spacial score (nSPS) is 14.8. The number of aromatic nitrogens is 3. The van der Waals surface area contributed by atoms with E-state index >= 15 is 0 Å². The molecule has 0 saturated carbocycles. The fourth-order valence-electron chi connectivity index (χ4n) is 3.40. The summed E-state index contributed by atoms with van der Waals surface area (Å²) in [5.41, 5.74) is 7.21. The number of hydrogen-bond donors (Lipinski definition) is 2. The van der Waals surface area contributed by atoms with Gasteiger partial charge in [-0.1, -0.05) is 30.3 Å². The third-order valence-electron chi connectivity index (χ3n) is 5.09. The van der Waals surface area contributed by atoms with Gasteiger partial charge in [0.1, 0.15) is 11.5 Å². The number of pyridine rings is 1. The van der Waals surface area contributed by atoms with Crippen LogP contribution in [0.15, 0.2) is 61.1 Å². The Morgan fingerprint density at radius 1 is 1.03 bits per heavy atom. The largest absolute Gasteiger partial charge is 0.396 e. The number of rotatable bonds is 6. The lowest BCUT2D eigenvalue weighted by Gasteiger charge is -2.35. The van der Waals surface area contributed by atoms with Crippen molar-refractivity contribution in [2.45, 2.75) is 5.75 Å². The molecule has 11 heteroatoms. The van der Waals surface area contributed by atoms with Gasteiger partial charge in [0.05, 0.1) is 17.6 Å². The zero-order chi connectivity index (χ0) is 22.6. The molecule has 1 amide bonds. The van der Waals surface area contributed by atoms with Crippen LogP contribution >= 0.6 is 0 Å². The van der Waals surface area contributed by atoms with Gasteiger partial charge in [0.15, 0.2) is 5.82 Å². The predicted molar refractivity (Wildman–Crippen MR) is 121 cm³/mol. The Kier molecular flexibility index (Phi) is 6.28. The zero-order valence-corrected chi connectivity index (χ0v) is 18.1. The molecule has 0 bridgehead atoms. The third-order valence-corrected chi connectivity index (χ3v) is 6.94. The number of nitrogens with two attached hydrogens (primary N) is 1. The lowest BCUT2D eigenvalue weighted by Crippen LogP contribution is -2.49. The summed E-state index contributed by atoms with van der Waals surface area (Å²) in [6.45, 7) is 1.65. The van der Waals surface area contributed by atoms with Crippen LogP contribution in [0, 0.1) is 0 Å². The van der Waals surface area contributed by atoms with E-state index in [1.165, 1.54) is 22.9 Å². The lowest BCUT2D eigenvalue weighted by molar-refractivity contribution is 0.102. The number of amides is 1. The summed E-state index contributed by atoms with van der Waals surface area (Å²) in [6.07, 6.45) is 4.25. The van der Waals surface area contributed by atoms with Gasteiger partial charge in [-0.3, -0.25) is 9.78 Å². The Labute approximate surface area is 186 Å². The predicted octanol–water partition coefficient (Wildman–Crippen LogP) is 1.36. The van der Waals surface area contributed by atoms with Gasteiger partial charge in [-0.15, -0.1) is 0 Å². The van der Waals surface area contributed by atoms with Crippen molar-refractivity contribution in [2.24, 2.45) is 0 Å². The second-order valence-electron chi connectivity index (χ2n) is 7.28. The Balaban J connectivity index is 1.41. The van der Waals surface area contributed by atoms with Crippen LogP contribution in [0.25, 0.3) is 0 Å². The first-order valence-electron chi connectivity index (χ1n) is 10.0. The van der Waals surface area contributed by atoms with E-state index in [0.717, 1.165) is 5.56 Å². The summed E-state index contributed by atoms with van der Waals surface area (Å²) in [5.74, 6) is 0.337. The third kappa shape index (κ3) is 5.01. The molecule has 3 aromatic rings. The molecule has 166 valence electrons. The summed E-state index contributed by atoms with van der Waals surface area (Å²) < 4.78 is 27.0. The monoisotopic (exact) mass is 453 g/mol. The highest BCUT2D eigenvalue weighted by molar-refractivity contribution is 7.88. The molecular weight excluding hydrogens is 430 g/mol. The fraction of sp³-hybridized carbons (Fsp3) is 0.238. The van der Waals surface area contributed by atoms with Gasteiger partial charge in [-0.2, -0.15) is 4.31 Å². The van der Waals surface area contributed by atoms with Crippen LogP contribution in [0.5, 0.6) is 0 Å². The molecule has 2 aromatic heterocycles. The van der Waals surface area contributed by atoms with Crippen LogP contribution in [-0.2, 0) is 15.8 Å². The number of hydrogen-bond acceptors (Lipinski definition) is 8. The highest BCUT2D eigenvalue weighted by Crippen LogP contribution is 2.23. The van der Waals surface area contributed by atoms with Crippen molar-refractivity contribution < 1.29 is 13.2 Å². The summed E-state index contributed by atoms with van der Waals surface area (Å²) in [5, 5.41) is 2.66. The first-order valence-corrected chi connectivity index (χ1v) is 11.6. The molecule has 1 fully saturated rings. The molecule has 0 radical (unpaired) electrons. The minimum Gasteiger partial charge on any atom is -0.396 e. The van der Waals surface area contributed by atoms with Crippen LogP contribution < -0.4 is 16.0 Å². The van der Waals surface area contributed by atoms with E-state index in [-0.39, 0.29) is 17.3 Å². The van der Waals surface area contributed by atoms with E-state index in [1.807, 2.05) is 35.2 Å². The number of nitrogens with one attached hydrogen (secondary N) is 1. The summed E-state index contributed by atoms with van der Waals surface area (Å²) in [7, 11) is -3.41. The minimum absolute atomic E-state index is 0.0213. The zero-order valence-electron chi connectivity index (χ0n) is 17.3.